The third kappa shape index (κ3) is 4.31. The Labute approximate surface area is 182 Å². The predicted octanol–water partition coefficient (Wildman–Crippen LogP) is 5.13. The van der Waals surface area contributed by atoms with Gasteiger partial charge in [0.05, 0.1) is 25.3 Å². The molecule has 1 unspecified atom stereocenters. The number of methoxy groups -OCH3 is 2. The quantitative estimate of drug-likeness (QED) is 0.395. The molecule has 0 radical (unpaired) electrons. The van der Waals surface area contributed by atoms with E-state index in [1.165, 1.54) is 14.2 Å². The summed E-state index contributed by atoms with van der Waals surface area (Å²) in [7, 11) is 2.62. The molecule has 0 fully saturated rings. The number of carbonyl (C=O) groups excluding carboxylic acids is 2. The number of esters is 2. The normalized spacial score (nSPS) is 11.6. The number of ether oxygens (including phenoxy) is 2. The maximum Gasteiger partial charge on any atom is 0.340 e. The summed E-state index contributed by atoms with van der Waals surface area (Å²) in [5.74, 6) is -1.46. The zero-order valence-corrected chi connectivity index (χ0v) is 18.3. The molecule has 1 heterocycles. The van der Waals surface area contributed by atoms with E-state index in [-0.39, 0.29) is 17.0 Å². The van der Waals surface area contributed by atoms with Crippen molar-refractivity contribution in [3.8, 4) is 0 Å². The van der Waals surface area contributed by atoms with Crippen molar-refractivity contribution in [1.82, 2.24) is 4.57 Å². The lowest BCUT2D eigenvalue weighted by Gasteiger charge is -2.23. The monoisotopic (exact) mass is 417 g/mol. The van der Waals surface area contributed by atoms with Crippen LogP contribution in [0, 0.1) is 6.92 Å². The van der Waals surface area contributed by atoms with Crippen molar-refractivity contribution in [1.29, 1.82) is 0 Å². The standard InChI is InChI=1S/C26H27NO4/c1-17(2)21(20-14-10-7-11-15-20)24-23(26(29)31-5)22(25(28)30-4)18(3)27(24)16-19-12-8-6-9-13-19/h6-15,21H,1,16H2,2-5H3. The van der Waals surface area contributed by atoms with Gasteiger partial charge >= 0.3 is 11.9 Å². The van der Waals surface area contributed by atoms with Gasteiger partial charge in [-0.15, -0.1) is 0 Å². The summed E-state index contributed by atoms with van der Waals surface area (Å²) in [4.78, 5) is 25.7. The van der Waals surface area contributed by atoms with Gasteiger partial charge in [0.1, 0.15) is 0 Å². The fourth-order valence-corrected chi connectivity index (χ4v) is 4.01. The van der Waals surface area contributed by atoms with E-state index in [0.29, 0.717) is 17.9 Å². The third-order valence-corrected chi connectivity index (χ3v) is 5.43. The Morgan fingerprint density at radius 2 is 1.42 bits per heavy atom. The Morgan fingerprint density at radius 1 is 0.903 bits per heavy atom. The maximum atomic E-state index is 13.0. The smallest absolute Gasteiger partial charge is 0.340 e. The summed E-state index contributed by atoms with van der Waals surface area (Å²) in [5, 5.41) is 0. The minimum Gasteiger partial charge on any atom is -0.465 e. The van der Waals surface area contributed by atoms with E-state index in [0.717, 1.165) is 16.7 Å². The molecular weight excluding hydrogens is 390 g/mol. The second-order valence-corrected chi connectivity index (χ2v) is 7.47. The fraction of sp³-hybridized carbons (Fsp3) is 0.231. The Hall–Kier alpha value is -3.60. The molecule has 1 atom stereocenters. The van der Waals surface area contributed by atoms with Gasteiger partial charge in [-0.3, -0.25) is 0 Å². The Morgan fingerprint density at radius 3 is 1.94 bits per heavy atom. The molecule has 2 aromatic carbocycles. The zero-order valence-electron chi connectivity index (χ0n) is 18.3. The topological polar surface area (TPSA) is 57.5 Å². The Balaban J connectivity index is 2.38. The summed E-state index contributed by atoms with van der Waals surface area (Å²) in [6.45, 7) is 8.44. The molecule has 0 bridgehead atoms. The molecule has 160 valence electrons. The van der Waals surface area contributed by atoms with Crippen molar-refractivity contribution in [2.24, 2.45) is 0 Å². The van der Waals surface area contributed by atoms with Gasteiger partial charge in [-0.1, -0.05) is 72.8 Å². The zero-order chi connectivity index (χ0) is 22.5. The van der Waals surface area contributed by atoms with Gasteiger partial charge < -0.3 is 14.0 Å². The highest BCUT2D eigenvalue weighted by Crippen LogP contribution is 2.38. The van der Waals surface area contributed by atoms with Gasteiger partial charge in [0.25, 0.3) is 0 Å². The first-order valence-corrected chi connectivity index (χ1v) is 10.0. The van der Waals surface area contributed by atoms with E-state index < -0.39 is 11.9 Å². The van der Waals surface area contributed by atoms with Crippen molar-refractivity contribution in [3.63, 3.8) is 0 Å². The molecular formula is C26H27NO4. The van der Waals surface area contributed by atoms with Crippen LogP contribution in [0.2, 0.25) is 0 Å². The molecule has 1 aromatic heterocycles. The summed E-state index contributed by atoms with van der Waals surface area (Å²) in [5.41, 5.74) is 4.63. The van der Waals surface area contributed by atoms with Gasteiger partial charge in [-0.2, -0.15) is 0 Å². The van der Waals surface area contributed by atoms with Gasteiger partial charge in [0.15, 0.2) is 0 Å². The van der Waals surface area contributed by atoms with E-state index in [4.69, 9.17) is 9.47 Å². The summed E-state index contributed by atoms with van der Waals surface area (Å²) in [6, 6.07) is 19.7. The molecule has 31 heavy (non-hydrogen) atoms. The highest BCUT2D eigenvalue weighted by Gasteiger charge is 2.35. The molecule has 0 saturated carbocycles. The van der Waals surface area contributed by atoms with Crippen LogP contribution < -0.4 is 0 Å². The van der Waals surface area contributed by atoms with Crippen molar-refractivity contribution >= 4 is 11.9 Å². The molecule has 0 spiro atoms. The second-order valence-electron chi connectivity index (χ2n) is 7.47. The number of benzene rings is 2. The maximum absolute atomic E-state index is 13.0. The fourth-order valence-electron chi connectivity index (χ4n) is 4.01. The van der Waals surface area contributed by atoms with E-state index in [9.17, 15) is 9.59 Å². The first kappa shape index (κ1) is 22.1. The van der Waals surface area contributed by atoms with Crippen molar-refractivity contribution in [3.05, 3.63) is 106 Å². The van der Waals surface area contributed by atoms with Crippen molar-refractivity contribution < 1.29 is 19.1 Å². The van der Waals surface area contributed by atoms with Crippen LogP contribution in [0.4, 0.5) is 0 Å². The lowest BCUT2D eigenvalue weighted by atomic mass is 9.87. The number of allylic oxidation sites excluding steroid dienone is 1. The molecule has 3 aromatic rings. The van der Waals surface area contributed by atoms with Crippen LogP contribution >= 0.6 is 0 Å². The van der Waals surface area contributed by atoms with Gasteiger partial charge in [0.2, 0.25) is 0 Å². The van der Waals surface area contributed by atoms with E-state index in [1.54, 1.807) is 0 Å². The van der Waals surface area contributed by atoms with Crippen molar-refractivity contribution in [2.45, 2.75) is 26.3 Å². The molecule has 3 rings (SSSR count). The van der Waals surface area contributed by atoms with E-state index in [2.05, 4.69) is 6.58 Å². The van der Waals surface area contributed by atoms with Crippen molar-refractivity contribution in [2.75, 3.05) is 14.2 Å². The molecule has 0 N–H and O–H groups in total. The first-order chi connectivity index (χ1) is 14.9. The third-order valence-electron chi connectivity index (χ3n) is 5.43. The molecule has 0 aliphatic rings. The lowest BCUT2D eigenvalue weighted by molar-refractivity contribution is 0.0555. The van der Waals surface area contributed by atoms with Crippen LogP contribution in [0.15, 0.2) is 72.8 Å². The number of hydrogen-bond donors (Lipinski definition) is 0. The number of nitrogens with zero attached hydrogens (tertiary/aromatic N) is 1. The van der Waals surface area contributed by atoms with Crippen LogP contribution in [-0.4, -0.2) is 30.7 Å². The van der Waals surface area contributed by atoms with Crippen LogP contribution in [0.3, 0.4) is 0 Å². The predicted molar refractivity (Wildman–Crippen MR) is 120 cm³/mol. The number of carbonyl (C=O) groups is 2. The summed E-state index contributed by atoms with van der Waals surface area (Å²) < 4.78 is 12.1. The first-order valence-electron chi connectivity index (χ1n) is 10.0. The average molecular weight is 418 g/mol. The average Bonchev–Trinajstić information content (AvgIpc) is 3.06. The van der Waals surface area contributed by atoms with E-state index in [1.807, 2.05) is 79.1 Å². The Bertz CT molecular complexity index is 1100. The largest absolute Gasteiger partial charge is 0.465 e. The molecule has 0 aliphatic heterocycles. The van der Waals surface area contributed by atoms with Gasteiger partial charge in [0, 0.05) is 23.9 Å². The van der Waals surface area contributed by atoms with Crippen LogP contribution in [0.25, 0.3) is 0 Å². The molecule has 0 amide bonds. The van der Waals surface area contributed by atoms with E-state index >= 15 is 0 Å². The minimum atomic E-state index is -0.576. The molecule has 0 saturated heterocycles. The summed E-state index contributed by atoms with van der Waals surface area (Å²) >= 11 is 0. The minimum absolute atomic E-state index is 0.222. The second kappa shape index (κ2) is 9.47. The van der Waals surface area contributed by atoms with Crippen LogP contribution in [-0.2, 0) is 16.0 Å². The van der Waals surface area contributed by atoms with Crippen LogP contribution in [0.1, 0.15) is 56.1 Å². The van der Waals surface area contributed by atoms with Crippen LogP contribution in [0.5, 0.6) is 0 Å². The highest BCUT2D eigenvalue weighted by atomic mass is 16.5. The lowest BCUT2D eigenvalue weighted by Crippen LogP contribution is -2.17. The highest BCUT2D eigenvalue weighted by molar-refractivity contribution is 6.05. The number of aromatic nitrogens is 1. The summed E-state index contributed by atoms with van der Waals surface area (Å²) in [6.07, 6.45) is 0. The number of hydrogen-bond acceptors (Lipinski definition) is 4. The van der Waals surface area contributed by atoms with Gasteiger partial charge in [-0.05, 0) is 25.0 Å². The number of rotatable bonds is 7. The van der Waals surface area contributed by atoms with Gasteiger partial charge in [-0.25, -0.2) is 9.59 Å². The Kier molecular flexibility index (Phi) is 6.75. The molecule has 5 nitrogen and oxygen atoms in total. The molecule has 5 heteroatoms. The molecule has 0 aliphatic carbocycles. The SMILES string of the molecule is C=C(C)C(c1ccccc1)c1c(C(=O)OC)c(C(=O)OC)c(C)n1Cc1ccccc1.